The van der Waals surface area contributed by atoms with E-state index in [0.717, 1.165) is 0 Å². The number of carboxylic acid groups (broad SMARTS) is 3. The van der Waals surface area contributed by atoms with Crippen molar-refractivity contribution < 1.29 is 29.7 Å². The zero-order chi connectivity index (χ0) is 16.4. The molecule has 22 heavy (non-hydrogen) atoms. The Morgan fingerprint density at radius 1 is 1.18 bits per heavy atom. The molecule has 0 unspecified atom stereocenters. The van der Waals surface area contributed by atoms with Gasteiger partial charge in [0.2, 0.25) is 0 Å². The van der Waals surface area contributed by atoms with Crippen LogP contribution in [0.5, 0.6) is 0 Å². The lowest BCUT2D eigenvalue weighted by molar-refractivity contribution is -0.142. The number of aromatic nitrogens is 1. The van der Waals surface area contributed by atoms with E-state index in [9.17, 15) is 19.2 Å². The SMILES string of the molecule is O=C(O)C[C@@H]1[C@@H](C(=O)O)NC[C@@H]1c1ccc(C(=O)O)[nH]c1=O. The number of aromatic carboxylic acids is 1. The van der Waals surface area contributed by atoms with Crippen molar-refractivity contribution in [1.82, 2.24) is 10.3 Å². The van der Waals surface area contributed by atoms with Gasteiger partial charge in [-0.25, -0.2) is 4.79 Å². The summed E-state index contributed by atoms with van der Waals surface area (Å²) in [5.41, 5.74) is -0.773. The number of nitrogens with one attached hydrogen (secondary N) is 2. The number of hydrogen-bond acceptors (Lipinski definition) is 5. The molecule has 0 bridgehead atoms. The average molecular weight is 310 g/mol. The number of aliphatic carboxylic acids is 2. The van der Waals surface area contributed by atoms with Gasteiger partial charge in [-0.15, -0.1) is 0 Å². The number of rotatable bonds is 5. The van der Waals surface area contributed by atoms with E-state index in [-0.39, 0.29) is 17.8 Å². The molecule has 1 aromatic heterocycles. The molecule has 9 heteroatoms. The molecule has 2 rings (SSSR count). The Balaban J connectivity index is 2.38. The second kappa shape index (κ2) is 5.98. The van der Waals surface area contributed by atoms with Crippen LogP contribution in [-0.2, 0) is 9.59 Å². The summed E-state index contributed by atoms with van der Waals surface area (Å²) in [5, 5.41) is 29.6. The van der Waals surface area contributed by atoms with Crippen LogP contribution in [0.15, 0.2) is 16.9 Å². The zero-order valence-corrected chi connectivity index (χ0v) is 11.3. The lowest BCUT2D eigenvalue weighted by Crippen LogP contribution is -2.37. The second-order valence-corrected chi connectivity index (χ2v) is 5.05. The maximum absolute atomic E-state index is 12.0. The van der Waals surface area contributed by atoms with Gasteiger partial charge in [0, 0.05) is 23.9 Å². The minimum absolute atomic E-state index is 0.129. The first-order valence-electron chi connectivity index (χ1n) is 6.45. The molecular formula is C13H14N2O7. The molecule has 1 aliphatic rings. The van der Waals surface area contributed by atoms with Gasteiger partial charge in [0.15, 0.2) is 0 Å². The van der Waals surface area contributed by atoms with Gasteiger partial charge in [-0.2, -0.15) is 0 Å². The molecule has 0 aliphatic carbocycles. The molecule has 1 fully saturated rings. The Hall–Kier alpha value is -2.68. The largest absolute Gasteiger partial charge is 0.481 e. The zero-order valence-electron chi connectivity index (χ0n) is 11.3. The molecule has 0 aromatic carbocycles. The van der Waals surface area contributed by atoms with Crippen LogP contribution in [0.25, 0.3) is 0 Å². The highest BCUT2D eigenvalue weighted by atomic mass is 16.4. The summed E-state index contributed by atoms with van der Waals surface area (Å²) >= 11 is 0. The highest BCUT2D eigenvalue weighted by Gasteiger charge is 2.42. The number of pyridine rings is 1. The van der Waals surface area contributed by atoms with Crippen LogP contribution in [0.2, 0.25) is 0 Å². The highest BCUT2D eigenvalue weighted by molar-refractivity contribution is 5.85. The van der Waals surface area contributed by atoms with Crippen LogP contribution in [0.4, 0.5) is 0 Å². The third-order valence-corrected chi connectivity index (χ3v) is 3.75. The Labute approximate surface area is 123 Å². The van der Waals surface area contributed by atoms with Crippen LogP contribution in [0, 0.1) is 5.92 Å². The van der Waals surface area contributed by atoms with E-state index in [2.05, 4.69) is 10.3 Å². The molecule has 1 saturated heterocycles. The fourth-order valence-electron chi connectivity index (χ4n) is 2.76. The van der Waals surface area contributed by atoms with Gasteiger partial charge in [0.05, 0.1) is 6.42 Å². The first-order chi connectivity index (χ1) is 10.3. The third kappa shape index (κ3) is 2.98. The normalized spacial score (nSPS) is 24.1. The van der Waals surface area contributed by atoms with Crippen LogP contribution in [0.1, 0.15) is 28.4 Å². The summed E-state index contributed by atoms with van der Waals surface area (Å²) in [6.45, 7) is 0.129. The van der Waals surface area contributed by atoms with Gasteiger partial charge in [-0.05, 0) is 6.07 Å². The van der Waals surface area contributed by atoms with E-state index in [1.807, 2.05) is 0 Å². The molecule has 0 spiro atoms. The summed E-state index contributed by atoms with van der Waals surface area (Å²) in [7, 11) is 0. The monoisotopic (exact) mass is 310 g/mol. The van der Waals surface area contributed by atoms with Gasteiger partial charge in [0.1, 0.15) is 11.7 Å². The molecule has 3 atom stereocenters. The van der Waals surface area contributed by atoms with Gasteiger partial charge in [0.25, 0.3) is 5.56 Å². The lowest BCUT2D eigenvalue weighted by Gasteiger charge is -2.19. The topological polar surface area (TPSA) is 157 Å². The second-order valence-electron chi connectivity index (χ2n) is 5.05. The summed E-state index contributed by atoms with van der Waals surface area (Å²) < 4.78 is 0. The van der Waals surface area contributed by atoms with E-state index >= 15 is 0 Å². The molecule has 0 amide bonds. The third-order valence-electron chi connectivity index (χ3n) is 3.75. The molecule has 0 radical (unpaired) electrons. The van der Waals surface area contributed by atoms with Gasteiger partial charge in [-0.1, -0.05) is 6.07 Å². The Morgan fingerprint density at radius 2 is 1.86 bits per heavy atom. The minimum Gasteiger partial charge on any atom is -0.481 e. The maximum Gasteiger partial charge on any atom is 0.352 e. The molecule has 1 aliphatic heterocycles. The van der Waals surface area contributed by atoms with Crippen molar-refractivity contribution in [1.29, 1.82) is 0 Å². The van der Waals surface area contributed by atoms with Gasteiger partial charge < -0.3 is 25.6 Å². The van der Waals surface area contributed by atoms with Crippen molar-refractivity contribution in [2.75, 3.05) is 6.54 Å². The molecule has 0 saturated carbocycles. The Bertz CT molecular complexity index is 681. The van der Waals surface area contributed by atoms with Crippen molar-refractivity contribution in [2.45, 2.75) is 18.4 Å². The number of carbonyl (C=O) groups is 3. The van der Waals surface area contributed by atoms with Crippen LogP contribution in [0.3, 0.4) is 0 Å². The van der Waals surface area contributed by atoms with Crippen LogP contribution < -0.4 is 10.9 Å². The van der Waals surface area contributed by atoms with Crippen molar-refractivity contribution in [3.63, 3.8) is 0 Å². The van der Waals surface area contributed by atoms with E-state index < -0.39 is 47.8 Å². The number of carboxylic acids is 3. The maximum atomic E-state index is 12.0. The fraction of sp³-hybridized carbons (Fsp3) is 0.385. The standard InChI is InChI=1S/C13H14N2O7/c16-9(17)3-6-7(4-14-10(6)13(21)22)5-1-2-8(12(19)20)15-11(5)18/h1-2,6-7,10,14H,3-4H2,(H,15,18)(H,16,17)(H,19,20)(H,21,22)/t6-,7+,10-/m0/s1. The van der Waals surface area contributed by atoms with Crippen LogP contribution in [-0.4, -0.2) is 50.8 Å². The van der Waals surface area contributed by atoms with Gasteiger partial charge in [-0.3, -0.25) is 14.4 Å². The van der Waals surface area contributed by atoms with Crippen molar-refractivity contribution >= 4 is 17.9 Å². The number of aromatic amines is 1. The first-order valence-corrected chi connectivity index (χ1v) is 6.45. The summed E-state index contributed by atoms with van der Waals surface area (Å²) in [5.74, 6) is -5.06. The van der Waals surface area contributed by atoms with Crippen LogP contribution >= 0.6 is 0 Å². The predicted molar refractivity (Wildman–Crippen MR) is 71.9 cm³/mol. The summed E-state index contributed by atoms with van der Waals surface area (Å²) in [6, 6.07) is 1.43. The Kier molecular flexibility index (Phi) is 4.27. The molecule has 1 aromatic rings. The Morgan fingerprint density at radius 3 is 2.36 bits per heavy atom. The average Bonchev–Trinajstić information content (AvgIpc) is 2.81. The number of hydrogen-bond donors (Lipinski definition) is 5. The summed E-state index contributed by atoms with van der Waals surface area (Å²) in [4.78, 5) is 47.1. The smallest absolute Gasteiger partial charge is 0.352 e. The van der Waals surface area contributed by atoms with E-state index in [4.69, 9.17) is 15.3 Å². The van der Waals surface area contributed by atoms with E-state index in [1.54, 1.807) is 0 Å². The molecule has 9 nitrogen and oxygen atoms in total. The molecule has 2 heterocycles. The lowest BCUT2D eigenvalue weighted by atomic mass is 9.83. The molecule has 5 N–H and O–H groups in total. The van der Waals surface area contributed by atoms with Crippen molar-refractivity contribution in [3.8, 4) is 0 Å². The molecular weight excluding hydrogens is 296 g/mol. The van der Waals surface area contributed by atoms with Gasteiger partial charge >= 0.3 is 17.9 Å². The highest BCUT2D eigenvalue weighted by Crippen LogP contribution is 2.33. The quantitative estimate of drug-likeness (QED) is 0.478. The predicted octanol–water partition coefficient (Wildman–Crippen LogP) is -0.696. The van der Waals surface area contributed by atoms with E-state index in [0.29, 0.717) is 0 Å². The first kappa shape index (κ1) is 15.7. The fourth-order valence-corrected chi connectivity index (χ4v) is 2.76. The molecule has 118 valence electrons. The van der Waals surface area contributed by atoms with Crippen molar-refractivity contribution in [3.05, 3.63) is 33.7 Å². The van der Waals surface area contributed by atoms with Crippen molar-refractivity contribution in [2.24, 2.45) is 5.92 Å². The van der Waals surface area contributed by atoms with E-state index in [1.165, 1.54) is 12.1 Å². The number of H-pyrrole nitrogens is 1. The minimum atomic E-state index is -1.29. The summed E-state index contributed by atoms with van der Waals surface area (Å²) in [6.07, 6.45) is -0.408.